The molecule has 0 unspecified atom stereocenters. The lowest BCUT2D eigenvalue weighted by molar-refractivity contribution is 0.0728. The summed E-state index contributed by atoms with van der Waals surface area (Å²) in [6.45, 7) is 2.73. The first-order valence-electron chi connectivity index (χ1n) is 9.16. The highest BCUT2D eigenvalue weighted by Gasteiger charge is 2.21. The zero-order valence-electron chi connectivity index (χ0n) is 16.5. The van der Waals surface area contributed by atoms with Crippen molar-refractivity contribution in [2.24, 2.45) is 0 Å². The van der Waals surface area contributed by atoms with Crippen LogP contribution >= 0.6 is 11.6 Å². The molecule has 1 aromatic heterocycles. The molecule has 3 rings (SSSR count). The molecule has 7 nitrogen and oxygen atoms in total. The number of aromatic nitrogens is 2. The van der Waals surface area contributed by atoms with E-state index in [0.717, 1.165) is 6.42 Å². The molecule has 0 aliphatic heterocycles. The van der Waals surface area contributed by atoms with Gasteiger partial charge in [-0.2, -0.15) is 0 Å². The fourth-order valence-corrected chi connectivity index (χ4v) is 3.11. The number of benzene rings is 2. The lowest BCUT2D eigenvalue weighted by atomic mass is 10.1. The maximum absolute atomic E-state index is 13.1. The topological polar surface area (TPSA) is 77.7 Å². The Morgan fingerprint density at radius 2 is 1.86 bits per heavy atom. The Bertz CT molecular complexity index is 990. The van der Waals surface area contributed by atoms with E-state index in [-0.39, 0.29) is 12.5 Å². The van der Waals surface area contributed by atoms with Crippen molar-refractivity contribution in [1.82, 2.24) is 15.1 Å². The molecule has 0 aliphatic carbocycles. The number of carbonyl (C=O) groups is 1. The highest BCUT2D eigenvalue weighted by atomic mass is 35.5. The maximum atomic E-state index is 13.1. The molecule has 0 N–H and O–H groups in total. The van der Waals surface area contributed by atoms with Gasteiger partial charge < -0.3 is 18.8 Å². The van der Waals surface area contributed by atoms with Crippen molar-refractivity contribution >= 4 is 17.5 Å². The molecule has 0 saturated heterocycles. The quantitative estimate of drug-likeness (QED) is 0.540. The minimum Gasteiger partial charge on any atom is -0.493 e. The minimum atomic E-state index is -0.162. The van der Waals surface area contributed by atoms with Crippen LogP contribution in [-0.4, -0.2) is 41.8 Å². The smallest absolute Gasteiger partial charge is 0.254 e. The van der Waals surface area contributed by atoms with Crippen molar-refractivity contribution < 1.29 is 18.7 Å². The van der Waals surface area contributed by atoms with Crippen LogP contribution < -0.4 is 9.47 Å². The zero-order valence-corrected chi connectivity index (χ0v) is 17.3. The molecule has 0 bridgehead atoms. The van der Waals surface area contributed by atoms with E-state index >= 15 is 0 Å². The van der Waals surface area contributed by atoms with Crippen LogP contribution in [0.3, 0.4) is 0 Å². The van der Waals surface area contributed by atoms with E-state index in [0.29, 0.717) is 46.0 Å². The number of hydrogen-bond acceptors (Lipinski definition) is 6. The van der Waals surface area contributed by atoms with Gasteiger partial charge in [-0.25, -0.2) is 0 Å². The largest absolute Gasteiger partial charge is 0.493 e. The van der Waals surface area contributed by atoms with E-state index in [2.05, 4.69) is 10.2 Å². The Hall–Kier alpha value is -3.06. The fourth-order valence-electron chi connectivity index (χ4n) is 2.90. The van der Waals surface area contributed by atoms with Gasteiger partial charge in [0.15, 0.2) is 11.5 Å². The SMILES string of the molecule is CCCN(Cc1nnc(-c2ccccc2Cl)o1)C(=O)c1ccc(OC)c(OC)c1. The van der Waals surface area contributed by atoms with Crippen molar-refractivity contribution in [1.29, 1.82) is 0 Å². The van der Waals surface area contributed by atoms with E-state index in [1.807, 2.05) is 19.1 Å². The maximum Gasteiger partial charge on any atom is 0.254 e. The van der Waals surface area contributed by atoms with Gasteiger partial charge >= 0.3 is 0 Å². The summed E-state index contributed by atoms with van der Waals surface area (Å²) in [6, 6.07) is 12.3. The number of halogens is 1. The fraction of sp³-hybridized carbons (Fsp3) is 0.286. The summed E-state index contributed by atoms with van der Waals surface area (Å²) in [5, 5.41) is 8.67. The van der Waals surface area contributed by atoms with Crippen LogP contribution in [0.4, 0.5) is 0 Å². The Morgan fingerprint density at radius 3 is 2.55 bits per heavy atom. The highest BCUT2D eigenvalue weighted by Crippen LogP contribution is 2.29. The van der Waals surface area contributed by atoms with Gasteiger partial charge in [-0.15, -0.1) is 10.2 Å². The third-order valence-corrected chi connectivity index (χ3v) is 4.64. The van der Waals surface area contributed by atoms with Gasteiger partial charge in [-0.1, -0.05) is 30.7 Å². The van der Waals surface area contributed by atoms with Gasteiger partial charge in [0.1, 0.15) is 0 Å². The number of ether oxygens (including phenoxy) is 2. The Kier molecular flexibility index (Phi) is 6.72. The second-order valence-corrected chi connectivity index (χ2v) is 6.68. The van der Waals surface area contributed by atoms with Crippen LogP contribution in [0, 0.1) is 0 Å². The van der Waals surface area contributed by atoms with Crippen LogP contribution in [0.5, 0.6) is 11.5 Å². The number of carbonyl (C=O) groups excluding carboxylic acids is 1. The predicted molar refractivity (Wildman–Crippen MR) is 109 cm³/mol. The average molecular weight is 416 g/mol. The highest BCUT2D eigenvalue weighted by molar-refractivity contribution is 6.33. The molecule has 0 atom stereocenters. The van der Waals surface area contributed by atoms with Gasteiger partial charge in [0, 0.05) is 12.1 Å². The third-order valence-electron chi connectivity index (χ3n) is 4.31. The zero-order chi connectivity index (χ0) is 20.8. The monoisotopic (exact) mass is 415 g/mol. The van der Waals surface area contributed by atoms with Crippen molar-refractivity contribution in [3.63, 3.8) is 0 Å². The second-order valence-electron chi connectivity index (χ2n) is 6.28. The number of nitrogens with zero attached hydrogens (tertiary/aromatic N) is 3. The molecule has 29 heavy (non-hydrogen) atoms. The molecule has 0 radical (unpaired) electrons. The summed E-state index contributed by atoms with van der Waals surface area (Å²) < 4.78 is 16.3. The van der Waals surface area contributed by atoms with Crippen LogP contribution in [0.1, 0.15) is 29.6 Å². The predicted octanol–water partition coefficient (Wildman–Crippen LogP) is 4.46. The standard InChI is InChI=1S/C21H22ClN3O4/c1-4-11-25(21(26)14-9-10-17(27-2)18(12-14)28-3)13-19-23-24-20(29-19)15-7-5-6-8-16(15)22/h5-10,12H,4,11,13H2,1-3H3. The van der Waals surface area contributed by atoms with Crippen LogP contribution in [0.15, 0.2) is 46.9 Å². The van der Waals surface area contributed by atoms with E-state index < -0.39 is 0 Å². The minimum absolute atomic E-state index is 0.162. The second kappa shape index (κ2) is 9.43. The number of amides is 1. The first kappa shape index (κ1) is 20.7. The van der Waals surface area contributed by atoms with Crippen LogP contribution in [-0.2, 0) is 6.54 Å². The normalized spacial score (nSPS) is 10.6. The molecule has 0 saturated carbocycles. The number of hydrogen-bond donors (Lipinski definition) is 0. The van der Waals surface area contributed by atoms with Crippen molar-refractivity contribution in [2.75, 3.05) is 20.8 Å². The Balaban J connectivity index is 1.82. The Morgan fingerprint density at radius 1 is 1.10 bits per heavy atom. The molecule has 0 fully saturated rings. The van der Waals surface area contributed by atoms with E-state index in [9.17, 15) is 4.79 Å². The van der Waals surface area contributed by atoms with E-state index in [1.165, 1.54) is 7.11 Å². The molecule has 2 aromatic carbocycles. The molecule has 1 amide bonds. The van der Waals surface area contributed by atoms with Crippen molar-refractivity contribution in [3.8, 4) is 23.0 Å². The Labute approximate surface area is 174 Å². The summed E-state index contributed by atoms with van der Waals surface area (Å²) in [4.78, 5) is 14.7. The summed E-state index contributed by atoms with van der Waals surface area (Å²) in [7, 11) is 3.08. The average Bonchev–Trinajstić information content (AvgIpc) is 3.21. The number of methoxy groups -OCH3 is 2. The van der Waals surface area contributed by atoms with Crippen LogP contribution in [0.2, 0.25) is 5.02 Å². The van der Waals surface area contributed by atoms with E-state index in [4.69, 9.17) is 25.5 Å². The lowest BCUT2D eigenvalue weighted by Gasteiger charge is -2.21. The molecular formula is C21H22ClN3O4. The molecule has 3 aromatic rings. The molecule has 1 heterocycles. The van der Waals surface area contributed by atoms with Gasteiger partial charge in [0.25, 0.3) is 5.91 Å². The summed E-state index contributed by atoms with van der Waals surface area (Å²) in [5.41, 5.74) is 1.14. The molecular weight excluding hydrogens is 394 g/mol. The van der Waals surface area contributed by atoms with Gasteiger partial charge in [-0.05, 0) is 36.8 Å². The van der Waals surface area contributed by atoms with Gasteiger partial charge in [0.05, 0.1) is 31.4 Å². The van der Waals surface area contributed by atoms with E-state index in [1.54, 1.807) is 42.3 Å². The number of rotatable bonds is 8. The molecule has 8 heteroatoms. The van der Waals surface area contributed by atoms with Crippen molar-refractivity contribution in [3.05, 3.63) is 58.9 Å². The molecule has 0 aliphatic rings. The molecule has 152 valence electrons. The molecule has 0 spiro atoms. The first-order chi connectivity index (χ1) is 14.1. The lowest BCUT2D eigenvalue weighted by Crippen LogP contribution is -2.31. The summed E-state index contributed by atoms with van der Waals surface area (Å²) >= 11 is 6.19. The summed E-state index contributed by atoms with van der Waals surface area (Å²) in [6.07, 6.45) is 0.782. The third kappa shape index (κ3) is 4.68. The van der Waals surface area contributed by atoms with Gasteiger partial charge in [0.2, 0.25) is 11.8 Å². The van der Waals surface area contributed by atoms with Crippen molar-refractivity contribution in [2.45, 2.75) is 19.9 Å². The van der Waals surface area contributed by atoms with Crippen LogP contribution in [0.25, 0.3) is 11.5 Å². The van der Waals surface area contributed by atoms with Gasteiger partial charge in [-0.3, -0.25) is 4.79 Å². The first-order valence-corrected chi connectivity index (χ1v) is 9.53. The summed E-state index contributed by atoms with van der Waals surface area (Å²) in [5.74, 6) is 1.55.